The van der Waals surface area contributed by atoms with Crippen molar-refractivity contribution < 1.29 is 4.42 Å². The van der Waals surface area contributed by atoms with Gasteiger partial charge < -0.3 is 9.32 Å². The molecule has 0 unspecified atom stereocenters. The van der Waals surface area contributed by atoms with Crippen molar-refractivity contribution in [3.05, 3.63) is 41.7 Å². The van der Waals surface area contributed by atoms with Crippen LogP contribution in [0.5, 0.6) is 0 Å². The Labute approximate surface area is 116 Å². The highest BCUT2D eigenvalue weighted by molar-refractivity contribution is 5.74. The second-order valence-corrected chi connectivity index (χ2v) is 5.39. The smallest absolute Gasteiger partial charge is 0.298 e. The molecular weight excluding hydrogens is 252 g/mol. The Morgan fingerprint density at radius 2 is 2.00 bits per heavy atom. The van der Waals surface area contributed by atoms with Crippen molar-refractivity contribution >= 4 is 17.1 Å². The van der Waals surface area contributed by atoms with E-state index in [2.05, 4.69) is 32.7 Å². The standard InChI is InChI=1S/C15H16N4O/c1-10-7-11(2)19(17-10)12-8-18(9-12)15-16-13-5-3-4-6-14(13)20-15/h3-7,12H,8-9H2,1-2H3. The van der Waals surface area contributed by atoms with Crippen molar-refractivity contribution in [3.8, 4) is 0 Å². The molecule has 3 aromatic rings. The Balaban J connectivity index is 1.54. The Morgan fingerprint density at radius 1 is 1.20 bits per heavy atom. The molecule has 3 heterocycles. The molecule has 0 bridgehead atoms. The summed E-state index contributed by atoms with van der Waals surface area (Å²) in [4.78, 5) is 6.67. The van der Waals surface area contributed by atoms with Gasteiger partial charge in [-0.1, -0.05) is 12.1 Å². The third-order valence-electron chi connectivity index (χ3n) is 3.81. The van der Waals surface area contributed by atoms with Gasteiger partial charge in [0.25, 0.3) is 6.01 Å². The lowest BCUT2D eigenvalue weighted by molar-refractivity contribution is 0.341. The van der Waals surface area contributed by atoms with Gasteiger partial charge in [0.1, 0.15) is 5.52 Å². The summed E-state index contributed by atoms with van der Waals surface area (Å²) < 4.78 is 7.88. The van der Waals surface area contributed by atoms with Crippen LogP contribution < -0.4 is 4.90 Å². The Bertz CT molecular complexity index is 734. The SMILES string of the molecule is Cc1cc(C)n(C2CN(c3nc4ccccc4o3)C2)n1. The minimum atomic E-state index is 0.415. The van der Waals surface area contributed by atoms with Crippen LogP contribution in [0.1, 0.15) is 17.4 Å². The number of hydrogen-bond acceptors (Lipinski definition) is 4. The van der Waals surface area contributed by atoms with Crippen LogP contribution in [0.4, 0.5) is 6.01 Å². The van der Waals surface area contributed by atoms with Gasteiger partial charge in [0.15, 0.2) is 5.58 Å². The molecule has 4 rings (SSSR count). The number of benzene rings is 1. The molecule has 0 saturated carbocycles. The third-order valence-corrected chi connectivity index (χ3v) is 3.81. The van der Waals surface area contributed by atoms with Crippen LogP contribution in [-0.2, 0) is 0 Å². The van der Waals surface area contributed by atoms with E-state index in [9.17, 15) is 0 Å². The molecule has 5 heteroatoms. The van der Waals surface area contributed by atoms with Crippen molar-refractivity contribution in [2.45, 2.75) is 19.9 Å². The largest absolute Gasteiger partial charge is 0.423 e. The van der Waals surface area contributed by atoms with Crippen molar-refractivity contribution in [3.63, 3.8) is 0 Å². The van der Waals surface area contributed by atoms with Gasteiger partial charge in [-0.3, -0.25) is 4.68 Å². The fourth-order valence-electron chi connectivity index (χ4n) is 2.78. The lowest BCUT2D eigenvalue weighted by Crippen LogP contribution is -2.48. The Kier molecular flexibility index (Phi) is 2.36. The molecule has 0 atom stereocenters. The molecule has 0 amide bonds. The normalized spacial score (nSPS) is 15.8. The lowest BCUT2D eigenvalue weighted by Gasteiger charge is -2.38. The number of aryl methyl sites for hydroxylation is 2. The topological polar surface area (TPSA) is 47.1 Å². The summed E-state index contributed by atoms with van der Waals surface area (Å²) in [5.74, 6) is 0. The number of hydrogen-bond donors (Lipinski definition) is 0. The number of aromatic nitrogens is 3. The molecule has 0 radical (unpaired) electrons. The highest BCUT2D eigenvalue weighted by Crippen LogP contribution is 2.30. The van der Waals surface area contributed by atoms with E-state index in [0.29, 0.717) is 12.1 Å². The van der Waals surface area contributed by atoms with Gasteiger partial charge in [0.2, 0.25) is 0 Å². The van der Waals surface area contributed by atoms with Gasteiger partial charge in [-0.2, -0.15) is 10.1 Å². The summed E-state index contributed by atoms with van der Waals surface area (Å²) in [5.41, 5.74) is 4.04. The fourth-order valence-corrected chi connectivity index (χ4v) is 2.78. The molecule has 1 aliphatic rings. The number of fused-ring (bicyclic) bond motifs is 1. The van der Waals surface area contributed by atoms with Gasteiger partial charge >= 0.3 is 0 Å². The van der Waals surface area contributed by atoms with E-state index in [1.165, 1.54) is 5.69 Å². The number of oxazole rings is 1. The number of rotatable bonds is 2. The quantitative estimate of drug-likeness (QED) is 0.717. The number of para-hydroxylation sites is 2. The molecule has 20 heavy (non-hydrogen) atoms. The minimum absolute atomic E-state index is 0.415. The van der Waals surface area contributed by atoms with Crippen LogP contribution >= 0.6 is 0 Å². The maximum atomic E-state index is 5.78. The molecule has 102 valence electrons. The second-order valence-electron chi connectivity index (χ2n) is 5.39. The summed E-state index contributed by atoms with van der Waals surface area (Å²) in [5, 5.41) is 4.54. The predicted molar refractivity (Wildman–Crippen MR) is 77.0 cm³/mol. The average molecular weight is 268 g/mol. The summed E-state index contributed by atoms with van der Waals surface area (Å²) in [6.07, 6.45) is 0. The summed E-state index contributed by atoms with van der Waals surface area (Å²) in [7, 11) is 0. The second kappa shape index (κ2) is 4.10. The maximum Gasteiger partial charge on any atom is 0.298 e. The highest BCUT2D eigenvalue weighted by atomic mass is 16.4. The first-order chi connectivity index (χ1) is 9.70. The number of anilines is 1. The molecule has 0 spiro atoms. The minimum Gasteiger partial charge on any atom is -0.423 e. The van der Waals surface area contributed by atoms with Gasteiger partial charge in [-0.25, -0.2) is 0 Å². The summed E-state index contributed by atoms with van der Waals surface area (Å²) in [6.45, 7) is 5.92. The lowest BCUT2D eigenvalue weighted by atomic mass is 10.1. The van der Waals surface area contributed by atoms with E-state index in [-0.39, 0.29) is 0 Å². The van der Waals surface area contributed by atoms with Crippen molar-refractivity contribution in [1.29, 1.82) is 0 Å². The van der Waals surface area contributed by atoms with E-state index in [4.69, 9.17) is 4.42 Å². The van der Waals surface area contributed by atoms with E-state index in [1.807, 2.05) is 31.2 Å². The molecule has 1 fully saturated rings. The van der Waals surface area contributed by atoms with Crippen LogP contribution in [0.3, 0.4) is 0 Å². The van der Waals surface area contributed by atoms with Crippen molar-refractivity contribution in [2.75, 3.05) is 18.0 Å². The van der Waals surface area contributed by atoms with Gasteiger partial charge in [0, 0.05) is 18.8 Å². The highest BCUT2D eigenvalue weighted by Gasteiger charge is 2.32. The monoisotopic (exact) mass is 268 g/mol. The summed E-state index contributed by atoms with van der Waals surface area (Å²) >= 11 is 0. The first-order valence-corrected chi connectivity index (χ1v) is 6.84. The van der Waals surface area contributed by atoms with Crippen LogP contribution in [0.15, 0.2) is 34.7 Å². The number of nitrogens with zero attached hydrogens (tertiary/aromatic N) is 4. The molecular formula is C15H16N4O. The molecule has 2 aromatic heterocycles. The van der Waals surface area contributed by atoms with Gasteiger partial charge in [-0.05, 0) is 32.0 Å². The zero-order valence-electron chi connectivity index (χ0n) is 11.6. The van der Waals surface area contributed by atoms with Crippen LogP contribution in [0.2, 0.25) is 0 Å². The maximum absolute atomic E-state index is 5.78. The first-order valence-electron chi connectivity index (χ1n) is 6.84. The van der Waals surface area contributed by atoms with Crippen molar-refractivity contribution in [2.24, 2.45) is 0 Å². The van der Waals surface area contributed by atoms with E-state index < -0.39 is 0 Å². The van der Waals surface area contributed by atoms with E-state index in [1.54, 1.807) is 0 Å². The predicted octanol–water partition coefficient (Wildman–Crippen LogP) is 2.70. The molecule has 0 N–H and O–H groups in total. The molecule has 1 aliphatic heterocycles. The average Bonchev–Trinajstić information content (AvgIpc) is 2.91. The van der Waals surface area contributed by atoms with Crippen LogP contribution in [-0.4, -0.2) is 27.9 Å². The van der Waals surface area contributed by atoms with Crippen LogP contribution in [0.25, 0.3) is 11.1 Å². The molecule has 0 aliphatic carbocycles. The summed E-state index contributed by atoms with van der Waals surface area (Å²) in [6, 6.07) is 11.1. The van der Waals surface area contributed by atoms with Crippen LogP contribution in [0, 0.1) is 13.8 Å². The van der Waals surface area contributed by atoms with E-state index in [0.717, 1.165) is 29.9 Å². The molecule has 1 saturated heterocycles. The molecule has 5 nitrogen and oxygen atoms in total. The Morgan fingerprint density at radius 3 is 2.70 bits per heavy atom. The van der Waals surface area contributed by atoms with Gasteiger partial charge in [-0.15, -0.1) is 0 Å². The van der Waals surface area contributed by atoms with Crippen molar-refractivity contribution in [1.82, 2.24) is 14.8 Å². The fraction of sp³-hybridized carbons (Fsp3) is 0.333. The van der Waals surface area contributed by atoms with E-state index >= 15 is 0 Å². The zero-order chi connectivity index (χ0) is 13.7. The first kappa shape index (κ1) is 11.5. The molecule has 1 aromatic carbocycles. The third kappa shape index (κ3) is 1.70. The van der Waals surface area contributed by atoms with Gasteiger partial charge in [0.05, 0.1) is 11.7 Å². The Hall–Kier alpha value is -2.30. The zero-order valence-corrected chi connectivity index (χ0v) is 11.6.